The summed E-state index contributed by atoms with van der Waals surface area (Å²) < 4.78 is 40.5. The van der Waals surface area contributed by atoms with Crippen LogP contribution in [0.3, 0.4) is 0 Å². The van der Waals surface area contributed by atoms with Crippen molar-refractivity contribution < 1.29 is 22.9 Å². The summed E-state index contributed by atoms with van der Waals surface area (Å²) >= 11 is 5.63. The first-order valence-corrected chi connectivity index (χ1v) is 6.02. The number of carbonyl (C=O) groups excluding carboxylic acids is 1. The van der Waals surface area contributed by atoms with Crippen molar-refractivity contribution in [2.45, 2.75) is 11.7 Å². The van der Waals surface area contributed by atoms with Gasteiger partial charge in [-0.15, -0.1) is 0 Å². The number of nitrogens with zero attached hydrogens (tertiary/aromatic N) is 1. The first kappa shape index (κ1) is 15.1. The highest BCUT2D eigenvalue weighted by atomic mass is 35.5. The Hall–Kier alpha value is -2.27. The molecule has 1 aromatic heterocycles. The summed E-state index contributed by atoms with van der Waals surface area (Å²) in [6.45, 7) is 3.30. The Bertz CT molecular complexity index is 637. The van der Waals surface area contributed by atoms with Gasteiger partial charge in [-0.1, -0.05) is 18.2 Å². The van der Waals surface area contributed by atoms with Gasteiger partial charge in [-0.3, -0.25) is 10.1 Å². The Morgan fingerprint density at radius 3 is 2.67 bits per heavy atom. The Morgan fingerprint density at radius 2 is 2.19 bits per heavy atom. The highest BCUT2D eigenvalue weighted by molar-refractivity contribution is 6.30. The normalized spacial score (nSPS) is 25.4. The molecule has 5 nitrogen and oxygen atoms in total. The van der Waals surface area contributed by atoms with Crippen LogP contribution in [0.4, 0.5) is 19.0 Å². The summed E-state index contributed by atoms with van der Waals surface area (Å²) in [5, 5.41) is 13.3. The number of alkyl halides is 3. The van der Waals surface area contributed by atoms with E-state index in [9.17, 15) is 18.0 Å². The topological polar surface area (TPSA) is 79.1 Å². The van der Waals surface area contributed by atoms with E-state index in [4.69, 9.17) is 16.9 Å². The lowest BCUT2D eigenvalue weighted by Gasteiger charge is -2.27. The van der Waals surface area contributed by atoms with Gasteiger partial charge < -0.3 is 5.32 Å². The number of hydrogen-bond acceptors (Lipinski definition) is 3. The van der Waals surface area contributed by atoms with Crippen LogP contribution in [0, 0.1) is 17.2 Å². The minimum atomic E-state index is -5.01. The Balaban J connectivity index is 2.53. The molecule has 2 heterocycles. The number of aromatic amines is 1. The molecule has 110 valence electrons. The molecule has 0 bridgehead atoms. The molecule has 2 rings (SSSR count). The van der Waals surface area contributed by atoms with E-state index >= 15 is 0 Å². The highest BCUT2D eigenvalue weighted by Crippen LogP contribution is 2.44. The number of aromatic nitrogens is 1. The van der Waals surface area contributed by atoms with E-state index in [1.54, 1.807) is 0 Å². The molecule has 21 heavy (non-hydrogen) atoms. The summed E-state index contributed by atoms with van der Waals surface area (Å²) in [6.07, 6.45) is -3.76. The number of H-pyrrole nitrogens is 1. The van der Waals surface area contributed by atoms with Crippen LogP contribution in [0.1, 0.15) is 0 Å². The Morgan fingerprint density at radius 1 is 1.52 bits per heavy atom. The van der Waals surface area contributed by atoms with Crippen molar-refractivity contribution in [1.82, 2.24) is 5.32 Å². The number of rotatable bonds is 2. The molecule has 0 saturated carbocycles. The van der Waals surface area contributed by atoms with Crippen molar-refractivity contribution >= 4 is 23.3 Å². The molecule has 3 N–H and O–H groups in total. The molecule has 1 aromatic rings. The Kier molecular flexibility index (Phi) is 3.55. The van der Waals surface area contributed by atoms with Crippen molar-refractivity contribution in [2.24, 2.45) is 5.92 Å². The van der Waals surface area contributed by atoms with E-state index in [-0.39, 0.29) is 16.5 Å². The van der Waals surface area contributed by atoms with Crippen LogP contribution in [-0.2, 0) is 4.79 Å². The molecule has 1 aliphatic heterocycles. The number of anilines is 1. The third-order valence-corrected chi connectivity index (χ3v) is 3.33. The largest absolute Gasteiger partial charge is 0.443 e. The standard InChI is InChI=1S/C12H8ClF3N4O/c1-6-8(4-17)11(10(21)19-6,12(14,15)16)20-9-3-2-7(13)5-18-9/h2-3,5,8H,1H2,(H,18,20)(H,19,21)/p+1/t8-,11+/m1/s1. The second-order valence-corrected chi connectivity index (χ2v) is 4.83. The molecular weight excluding hydrogens is 309 g/mol. The molecule has 0 spiro atoms. The number of pyridine rings is 1. The average molecular weight is 318 g/mol. The van der Waals surface area contributed by atoms with Crippen LogP contribution in [-0.4, -0.2) is 17.6 Å². The van der Waals surface area contributed by atoms with Gasteiger partial charge >= 0.3 is 6.18 Å². The van der Waals surface area contributed by atoms with Crippen molar-refractivity contribution in [3.8, 4) is 6.07 Å². The number of nitriles is 1. The van der Waals surface area contributed by atoms with Crippen LogP contribution >= 0.6 is 11.6 Å². The monoisotopic (exact) mass is 317 g/mol. The molecule has 0 radical (unpaired) electrons. The number of halogens is 4. The number of hydrogen-bond donors (Lipinski definition) is 2. The predicted molar refractivity (Wildman–Crippen MR) is 66.8 cm³/mol. The Labute approximate surface area is 122 Å². The minimum absolute atomic E-state index is 0.109. The van der Waals surface area contributed by atoms with Gasteiger partial charge in [-0.25, -0.2) is 4.98 Å². The zero-order valence-corrected chi connectivity index (χ0v) is 11.1. The summed E-state index contributed by atoms with van der Waals surface area (Å²) in [5.41, 5.74) is -3.41. The second kappa shape index (κ2) is 4.93. The van der Waals surface area contributed by atoms with E-state index < -0.39 is 23.5 Å². The number of nitrogens with one attached hydrogen (secondary N) is 3. The zero-order chi connectivity index (χ0) is 15.8. The maximum atomic E-state index is 13.5. The zero-order valence-electron chi connectivity index (χ0n) is 10.4. The number of carbonyl (C=O) groups is 1. The molecular formula is C12H9ClF3N4O+. The van der Waals surface area contributed by atoms with Gasteiger partial charge in [0.05, 0.1) is 11.1 Å². The van der Waals surface area contributed by atoms with E-state index in [1.165, 1.54) is 24.4 Å². The summed E-state index contributed by atoms with van der Waals surface area (Å²) in [4.78, 5) is 14.3. The fourth-order valence-electron chi connectivity index (χ4n) is 2.07. The highest BCUT2D eigenvalue weighted by Gasteiger charge is 2.73. The molecule has 0 aliphatic carbocycles. The molecule has 1 fully saturated rings. The summed E-state index contributed by atoms with van der Waals surface area (Å²) in [7, 11) is 0. The predicted octanol–water partition coefficient (Wildman–Crippen LogP) is 1.65. The molecule has 0 aromatic carbocycles. The van der Waals surface area contributed by atoms with Crippen LogP contribution in [0.5, 0.6) is 0 Å². The van der Waals surface area contributed by atoms with Gasteiger partial charge in [0.2, 0.25) is 0 Å². The van der Waals surface area contributed by atoms with Crippen molar-refractivity contribution in [3.05, 3.63) is 35.6 Å². The lowest BCUT2D eigenvalue weighted by atomic mass is 9.85. The molecule has 9 heteroatoms. The maximum absolute atomic E-state index is 13.5. The summed E-state index contributed by atoms with van der Waals surface area (Å²) in [5.74, 6) is -3.29. The third-order valence-electron chi connectivity index (χ3n) is 3.10. The first-order chi connectivity index (χ1) is 9.72. The van der Waals surface area contributed by atoms with Gasteiger partial charge in [-0.2, -0.15) is 18.4 Å². The van der Waals surface area contributed by atoms with Crippen molar-refractivity contribution in [1.29, 1.82) is 5.26 Å². The number of amides is 1. The van der Waals surface area contributed by atoms with Gasteiger partial charge in [0, 0.05) is 11.8 Å². The van der Waals surface area contributed by atoms with Crippen LogP contribution in [0.15, 0.2) is 30.6 Å². The van der Waals surface area contributed by atoms with Gasteiger partial charge in [0.1, 0.15) is 12.1 Å². The quantitative estimate of drug-likeness (QED) is 0.870. The van der Waals surface area contributed by atoms with Gasteiger partial charge in [0.15, 0.2) is 0 Å². The lowest BCUT2D eigenvalue weighted by Crippen LogP contribution is -2.61. The van der Waals surface area contributed by atoms with E-state index in [0.717, 1.165) is 0 Å². The van der Waals surface area contributed by atoms with Crippen molar-refractivity contribution in [3.63, 3.8) is 0 Å². The smallest absolute Gasteiger partial charge is 0.325 e. The van der Waals surface area contributed by atoms with E-state index in [0.29, 0.717) is 0 Å². The fraction of sp³-hybridized carbons (Fsp3) is 0.250. The fourth-order valence-corrected chi connectivity index (χ4v) is 2.19. The van der Waals surface area contributed by atoms with Crippen molar-refractivity contribution in [2.75, 3.05) is 5.32 Å². The maximum Gasteiger partial charge on any atom is 0.443 e. The van der Waals surface area contributed by atoms with Gasteiger partial charge in [0.25, 0.3) is 17.3 Å². The lowest BCUT2D eigenvalue weighted by molar-refractivity contribution is -0.362. The SMILES string of the molecule is C=C1NC(=O)[C@](Nc2ccc(Cl)c[nH+]2)(C(F)(F)F)[C@@H]1C#N. The second-order valence-electron chi connectivity index (χ2n) is 4.39. The average Bonchev–Trinajstić information content (AvgIpc) is 2.63. The molecule has 1 saturated heterocycles. The molecule has 1 aliphatic rings. The first-order valence-electron chi connectivity index (χ1n) is 5.64. The molecule has 1 amide bonds. The van der Waals surface area contributed by atoms with Crippen LogP contribution in [0.25, 0.3) is 0 Å². The third kappa shape index (κ3) is 2.29. The van der Waals surface area contributed by atoms with Crippen LogP contribution in [0.2, 0.25) is 5.02 Å². The molecule has 0 unspecified atom stereocenters. The molecule has 2 atom stereocenters. The van der Waals surface area contributed by atoms with E-state index in [2.05, 4.69) is 16.9 Å². The minimum Gasteiger partial charge on any atom is -0.325 e. The van der Waals surface area contributed by atoms with E-state index in [1.807, 2.05) is 5.32 Å². The van der Waals surface area contributed by atoms with Crippen LogP contribution < -0.4 is 15.6 Å². The van der Waals surface area contributed by atoms with Gasteiger partial charge in [-0.05, 0) is 6.07 Å². The summed E-state index contributed by atoms with van der Waals surface area (Å²) in [6, 6.07) is 4.04.